The summed E-state index contributed by atoms with van der Waals surface area (Å²) < 4.78 is 24.3. The first-order valence-corrected chi connectivity index (χ1v) is 9.96. The molecule has 0 aliphatic carbocycles. The molecule has 1 saturated heterocycles. The lowest BCUT2D eigenvalue weighted by molar-refractivity contribution is -0.129. The molecule has 1 aliphatic heterocycles. The van der Waals surface area contributed by atoms with E-state index in [0.29, 0.717) is 26.3 Å². The van der Waals surface area contributed by atoms with Crippen LogP contribution in [0.2, 0.25) is 0 Å². The molecule has 3 atom stereocenters. The molecule has 154 valence electrons. The number of nitrogens with zero attached hydrogens (tertiary/aromatic N) is 1. The van der Waals surface area contributed by atoms with Crippen molar-refractivity contribution < 1.29 is 22.8 Å². The molecule has 1 aromatic carbocycles. The number of primary amides is 1. The molecule has 3 unspecified atom stereocenters. The molecule has 1 heterocycles. The van der Waals surface area contributed by atoms with Gasteiger partial charge in [0, 0.05) is 13.1 Å². The Morgan fingerprint density at radius 1 is 1.29 bits per heavy atom. The Balaban J connectivity index is 2.02. The molecule has 10 heteroatoms. The number of hydrogen-bond acceptors (Lipinski definition) is 6. The van der Waals surface area contributed by atoms with Gasteiger partial charge in [0.1, 0.15) is 12.1 Å². The summed E-state index contributed by atoms with van der Waals surface area (Å²) in [5, 5.41) is 2.58. The third-order valence-corrected chi connectivity index (χ3v) is 5.13. The highest BCUT2D eigenvalue weighted by atomic mass is 32.2. The minimum absolute atomic E-state index is 0.208. The Hall–Kier alpha value is -2.11. The van der Waals surface area contributed by atoms with Gasteiger partial charge in [-0.2, -0.15) is 14.1 Å². The fourth-order valence-electron chi connectivity index (χ4n) is 2.57. The van der Waals surface area contributed by atoms with Gasteiger partial charge in [-0.15, -0.1) is 6.58 Å². The summed E-state index contributed by atoms with van der Waals surface area (Å²) >= 11 is -1.77. The monoisotopic (exact) mass is 410 g/mol. The van der Waals surface area contributed by atoms with Crippen LogP contribution in [0.15, 0.2) is 43.0 Å². The third kappa shape index (κ3) is 7.13. The lowest BCUT2D eigenvalue weighted by Crippen LogP contribution is -2.53. The van der Waals surface area contributed by atoms with Crippen molar-refractivity contribution in [3.05, 3.63) is 48.6 Å². The molecule has 0 radical (unpaired) electrons. The minimum atomic E-state index is -1.77. The van der Waals surface area contributed by atoms with Crippen LogP contribution in [0.5, 0.6) is 0 Å². The first-order chi connectivity index (χ1) is 13.5. The molecule has 0 aromatic heterocycles. The highest BCUT2D eigenvalue weighted by Gasteiger charge is 2.26. The number of ether oxygens (including phenoxy) is 1. The number of morpholine rings is 1. The fraction of sp³-hybridized carbons (Fsp3) is 0.444. The van der Waals surface area contributed by atoms with E-state index >= 15 is 0 Å². The van der Waals surface area contributed by atoms with E-state index in [1.807, 2.05) is 30.3 Å². The van der Waals surface area contributed by atoms with E-state index in [-0.39, 0.29) is 12.8 Å². The molecular weight excluding hydrogens is 384 g/mol. The average Bonchev–Trinajstić information content (AvgIpc) is 2.71. The standard InChI is InChI=1S/C18H26N4O5S/c1-2-6-15(17(19)23)20-18(24)16(13-14-7-4-3-5-8-14)21-27-28(25)22-9-11-26-12-10-22/h2-5,7-8,15-16,21H,1,6,9-13H2,(H2,19,23)(H,20,24). The lowest BCUT2D eigenvalue weighted by Gasteiger charge is -2.26. The van der Waals surface area contributed by atoms with Crippen LogP contribution in [0.3, 0.4) is 0 Å². The van der Waals surface area contributed by atoms with Crippen LogP contribution in [0, 0.1) is 0 Å². The summed E-state index contributed by atoms with van der Waals surface area (Å²) in [5.74, 6) is -1.15. The predicted molar refractivity (Wildman–Crippen MR) is 105 cm³/mol. The molecule has 1 fully saturated rings. The van der Waals surface area contributed by atoms with Gasteiger partial charge in [-0.25, -0.2) is 4.21 Å². The number of rotatable bonds is 11. The number of benzene rings is 1. The molecule has 2 amide bonds. The first-order valence-electron chi connectivity index (χ1n) is 8.93. The van der Waals surface area contributed by atoms with Crippen LogP contribution in [0.4, 0.5) is 0 Å². The minimum Gasteiger partial charge on any atom is -0.379 e. The summed E-state index contributed by atoms with van der Waals surface area (Å²) in [5.41, 5.74) is 8.77. The van der Waals surface area contributed by atoms with Gasteiger partial charge in [0.15, 0.2) is 0 Å². The molecule has 28 heavy (non-hydrogen) atoms. The van der Waals surface area contributed by atoms with E-state index < -0.39 is 35.2 Å². The van der Waals surface area contributed by atoms with Crippen molar-refractivity contribution >= 4 is 23.1 Å². The van der Waals surface area contributed by atoms with E-state index in [1.165, 1.54) is 6.08 Å². The fourth-order valence-corrected chi connectivity index (χ4v) is 3.32. The van der Waals surface area contributed by atoms with E-state index in [4.69, 9.17) is 14.8 Å². The quantitative estimate of drug-likeness (QED) is 0.336. The number of amides is 2. The van der Waals surface area contributed by atoms with E-state index in [9.17, 15) is 13.8 Å². The maximum Gasteiger partial charge on any atom is 0.254 e. The highest BCUT2D eigenvalue weighted by molar-refractivity contribution is 7.77. The second-order valence-electron chi connectivity index (χ2n) is 6.19. The van der Waals surface area contributed by atoms with E-state index in [2.05, 4.69) is 17.4 Å². The predicted octanol–water partition coefficient (Wildman–Crippen LogP) is -0.424. The summed E-state index contributed by atoms with van der Waals surface area (Å²) in [7, 11) is 0. The van der Waals surface area contributed by atoms with Crippen molar-refractivity contribution in [1.29, 1.82) is 0 Å². The Morgan fingerprint density at radius 2 is 1.96 bits per heavy atom. The van der Waals surface area contributed by atoms with Crippen LogP contribution in [0.25, 0.3) is 0 Å². The zero-order valence-corrected chi connectivity index (χ0v) is 16.4. The van der Waals surface area contributed by atoms with Crippen LogP contribution in [-0.2, 0) is 36.3 Å². The van der Waals surface area contributed by atoms with Gasteiger partial charge in [-0.05, 0) is 18.4 Å². The summed E-state index contributed by atoms with van der Waals surface area (Å²) in [4.78, 5) is 24.2. The molecular formula is C18H26N4O5S. The Kier molecular flexibility index (Phi) is 9.24. The van der Waals surface area contributed by atoms with E-state index in [0.717, 1.165) is 5.56 Å². The second-order valence-corrected chi connectivity index (χ2v) is 7.31. The third-order valence-electron chi connectivity index (χ3n) is 4.10. The van der Waals surface area contributed by atoms with Crippen LogP contribution < -0.4 is 16.5 Å². The number of carbonyl (C=O) groups is 2. The number of hydroxylamine groups is 1. The molecule has 4 N–H and O–H groups in total. The number of hydrogen-bond donors (Lipinski definition) is 3. The normalized spacial score (nSPS) is 18.0. The molecule has 9 nitrogen and oxygen atoms in total. The van der Waals surface area contributed by atoms with Crippen molar-refractivity contribution in [2.45, 2.75) is 24.9 Å². The summed E-state index contributed by atoms with van der Waals surface area (Å²) in [6, 6.07) is 7.52. The second kappa shape index (κ2) is 11.7. The van der Waals surface area contributed by atoms with Crippen molar-refractivity contribution in [2.24, 2.45) is 5.73 Å². The molecule has 0 spiro atoms. The molecule has 1 aromatic rings. The topological polar surface area (TPSA) is 123 Å². The number of nitrogens with one attached hydrogen (secondary N) is 2. The zero-order valence-electron chi connectivity index (χ0n) is 15.5. The number of nitrogens with two attached hydrogens (primary N) is 1. The van der Waals surface area contributed by atoms with Gasteiger partial charge in [0.2, 0.25) is 11.8 Å². The highest BCUT2D eigenvalue weighted by Crippen LogP contribution is 2.07. The molecule has 0 bridgehead atoms. The van der Waals surface area contributed by atoms with Gasteiger partial charge in [0.25, 0.3) is 11.3 Å². The Morgan fingerprint density at radius 3 is 2.57 bits per heavy atom. The van der Waals surface area contributed by atoms with Gasteiger partial charge in [-0.3, -0.25) is 9.59 Å². The smallest absolute Gasteiger partial charge is 0.254 e. The zero-order chi connectivity index (χ0) is 20.4. The first kappa shape index (κ1) is 22.2. The number of carbonyl (C=O) groups excluding carboxylic acids is 2. The largest absolute Gasteiger partial charge is 0.379 e. The maximum absolute atomic E-state index is 12.7. The van der Waals surface area contributed by atoms with Gasteiger partial charge in [0.05, 0.1) is 13.2 Å². The molecule has 2 rings (SSSR count). The van der Waals surface area contributed by atoms with Gasteiger partial charge < -0.3 is 15.8 Å². The molecule has 1 aliphatic rings. The summed E-state index contributed by atoms with van der Waals surface area (Å²) in [6.07, 6.45) is 1.98. The van der Waals surface area contributed by atoms with Crippen molar-refractivity contribution in [3.63, 3.8) is 0 Å². The molecule has 0 saturated carbocycles. The maximum atomic E-state index is 12.7. The van der Waals surface area contributed by atoms with Gasteiger partial charge >= 0.3 is 0 Å². The van der Waals surface area contributed by atoms with Crippen LogP contribution >= 0.6 is 0 Å². The average molecular weight is 410 g/mol. The van der Waals surface area contributed by atoms with Gasteiger partial charge in [-0.1, -0.05) is 36.4 Å². The Bertz CT molecular complexity index is 682. The Labute approximate surface area is 167 Å². The van der Waals surface area contributed by atoms with E-state index in [1.54, 1.807) is 4.31 Å². The van der Waals surface area contributed by atoms with Crippen molar-refractivity contribution in [2.75, 3.05) is 26.3 Å². The summed E-state index contributed by atoms with van der Waals surface area (Å²) in [6.45, 7) is 5.42. The van der Waals surface area contributed by atoms with Crippen LogP contribution in [-0.4, -0.2) is 58.7 Å². The SMILES string of the molecule is C=CCC(NC(=O)C(Cc1ccccc1)NOS(=O)N1CCOCC1)C(N)=O. The van der Waals surface area contributed by atoms with Crippen molar-refractivity contribution in [3.8, 4) is 0 Å². The lowest BCUT2D eigenvalue weighted by atomic mass is 10.1. The van der Waals surface area contributed by atoms with Crippen molar-refractivity contribution in [1.82, 2.24) is 15.1 Å². The van der Waals surface area contributed by atoms with Crippen LogP contribution in [0.1, 0.15) is 12.0 Å².